The lowest BCUT2D eigenvalue weighted by atomic mass is 10.1. The van der Waals surface area contributed by atoms with Crippen molar-refractivity contribution in [2.45, 2.75) is 45.3 Å². The summed E-state index contributed by atoms with van der Waals surface area (Å²) in [6, 6.07) is 0. The lowest BCUT2D eigenvalue weighted by Gasteiger charge is -2.24. The van der Waals surface area contributed by atoms with Gasteiger partial charge >= 0.3 is 0 Å². The Balaban J connectivity index is 3.76. The van der Waals surface area contributed by atoms with Crippen molar-refractivity contribution in [2.75, 3.05) is 40.5 Å². The number of methoxy groups -OCH3 is 2. The van der Waals surface area contributed by atoms with Gasteiger partial charge in [0.05, 0.1) is 18.3 Å². The van der Waals surface area contributed by atoms with Crippen molar-refractivity contribution in [3.63, 3.8) is 0 Å². The third-order valence-corrected chi connectivity index (χ3v) is 2.76. The van der Waals surface area contributed by atoms with Crippen molar-refractivity contribution in [1.82, 2.24) is 5.32 Å². The molecule has 0 radical (unpaired) electrons. The molecule has 4 nitrogen and oxygen atoms in total. The summed E-state index contributed by atoms with van der Waals surface area (Å²) >= 11 is 0. The molecule has 0 saturated heterocycles. The Bertz CT molecular complexity index is 174. The second kappa shape index (κ2) is 9.83. The zero-order valence-electron chi connectivity index (χ0n) is 12.0. The van der Waals surface area contributed by atoms with Gasteiger partial charge < -0.3 is 19.5 Å². The van der Waals surface area contributed by atoms with Crippen molar-refractivity contribution < 1.29 is 14.2 Å². The van der Waals surface area contributed by atoms with E-state index in [4.69, 9.17) is 14.2 Å². The van der Waals surface area contributed by atoms with Gasteiger partial charge in [0.1, 0.15) is 0 Å². The van der Waals surface area contributed by atoms with Gasteiger partial charge in [-0.3, -0.25) is 0 Å². The molecule has 0 fully saturated rings. The summed E-state index contributed by atoms with van der Waals surface area (Å²) in [6.45, 7) is 9.48. The summed E-state index contributed by atoms with van der Waals surface area (Å²) in [5.74, 6) is 0. The molecule has 1 N–H and O–H groups in total. The van der Waals surface area contributed by atoms with E-state index in [9.17, 15) is 0 Å². The van der Waals surface area contributed by atoms with E-state index in [0.717, 1.165) is 25.9 Å². The standard InChI is InChI=1S/C13H29NO3/c1-6-8-14-10-12(11-15-4)17-9-7-13(2,3)16-5/h12,14H,6-11H2,1-5H3. The van der Waals surface area contributed by atoms with Crippen LogP contribution >= 0.6 is 0 Å². The highest BCUT2D eigenvalue weighted by molar-refractivity contribution is 4.68. The quantitative estimate of drug-likeness (QED) is 0.565. The molecule has 1 atom stereocenters. The van der Waals surface area contributed by atoms with E-state index < -0.39 is 0 Å². The van der Waals surface area contributed by atoms with Gasteiger partial charge in [-0.25, -0.2) is 0 Å². The van der Waals surface area contributed by atoms with E-state index in [1.54, 1.807) is 14.2 Å². The molecule has 104 valence electrons. The van der Waals surface area contributed by atoms with Crippen LogP contribution in [0.25, 0.3) is 0 Å². The molecule has 0 aromatic heterocycles. The second-order valence-electron chi connectivity index (χ2n) is 4.87. The minimum Gasteiger partial charge on any atom is -0.382 e. The van der Waals surface area contributed by atoms with Crippen LogP contribution in [0.5, 0.6) is 0 Å². The van der Waals surface area contributed by atoms with E-state index in [-0.39, 0.29) is 11.7 Å². The zero-order chi connectivity index (χ0) is 13.1. The SMILES string of the molecule is CCCNCC(COC)OCCC(C)(C)OC. The number of rotatable bonds is 11. The van der Waals surface area contributed by atoms with Gasteiger partial charge in [0.2, 0.25) is 0 Å². The lowest BCUT2D eigenvalue weighted by Crippen LogP contribution is -2.34. The maximum Gasteiger partial charge on any atom is 0.0932 e. The van der Waals surface area contributed by atoms with E-state index in [1.807, 2.05) is 0 Å². The maximum atomic E-state index is 5.80. The van der Waals surface area contributed by atoms with Crippen LogP contribution in [0, 0.1) is 0 Å². The van der Waals surface area contributed by atoms with Gasteiger partial charge in [-0.2, -0.15) is 0 Å². The summed E-state index contributed by atoms with van der Waals surface area (Å²) in [5, 5.41) is 3.35. The Morgan fingerprint density at radius 2 is 1.94 bits per heavy atom. The van der Waals surface area contributed by atoms with Gasteiger partial charge in [-0.05, 0) is 33.2 Å². The second-order valence-corrected chi connectivity index (χ2v) is 4.87. The Morgan fingerprint density at radius 3 is 2.47 bits per heavy atom. The summed E-state index contributed by atoms with van der Waals surface area (Å²) < 4.78 is 16.3. The third kappa shape index (κ3) is 9.53. The largest absolute Gasteiger partial charge is 0.382 e. The molecule has 0 rings (SSSR count). The van der Waals surface area contributed by atoms with Crippen LogP contribution in [0.4, 0.5) is 0 Å². The molecule has 0 aliphatic heterocycles. The first-order chi connectivity index (χ1) is 8.05. The molecule has 0 aromatic rings. The minimum absolute atomic E-state index is 0.117. The average Bonchev–Trinajstić information content (AvgIpc) is 2.29. The Labute approximate surface area is 106 Å². The van der Waals surface area contributed by atoms with Crippen LogP contribution in [-0.4, -0.2) is 52.2 Å². The molecule has 0 bridgehead atoms. The molecule has 0 aromatic carbocycles. The van der Waals surface area contributed by atoms with Crippen molar-refractivity contribution in [1.29, 1.82) is 0 Å². The molecule has 0 spiro atoms. The van der Waals surface area contributed by atoms with Crippen molar-refractivity contribution in [3.05, 3.63) is 0 Å². The molecule has 0 heterocycles. The molecule has 1 unspecified atom stereocenters. The molecular formula is C13H29NO3. The topological polar surface area (TPSA) is 39.7 Å². The number of ether oxygens (including phenoxy) is 3. The molecule has 0 amide bonds. The predicted octanol–water partition coefficient (Wildman–Crippen LogP) is 1.83. The molecule has 0 aliphatic carbocycles. The molecule has 0 aliphatic rings. The summed E-state index contributed by atoms with van der Waals surface area (Å²) in [5.41, 5.74) is -0.117. The fourth-order valence-corrected chi connectivity index (χ4v) is 1.37. The highest BCUT2D eigenvalue weighted by Crippen LogP contribution is 2.13. The van der Waals surface area contributed by atoms with Crippen LogP contribution in [0.2, 0.25) is 0 Å². The first kappa shape index (κ1) is 16.8. The number of hydrogen-bond donors (Lipinski definition) is 1. The summed E-state index contributed by atoms with van der Waals surface area (Å²) in [4.78, 5) is 0. The van der Waals surface area contributed by atoms with Crippen molar-refractivity contribution in [3.8, 4) is 0 Å². The normalized spacial score (nSPS) is 13.9. The predicted molar refractivity (Wildman–Crippen MR) is 70.5 cm³/mol. The van der Waals surface area contributed by atoms with Gasteiger partial charge in [-0.15, -0.1) is 0 Å². The number of nitrogens with one attached hydrogen (secondary N) is 1. The van der Waals surface area contributed by atoms with Crippen LogP contribution in [0.1, 0.15) is 33.6 Å². The molecular weight excluding hydrogens is 218 g/mol. The van der Waals surface area contributed by atoms with Crippen molar-refractivity contribution >= 4 is 0 Å². The van der Waals surface area contributed by atoms with Gasteiger partial charge in [0.25, 0.3) is 0 Å². The smallest absolute Gasteiger partial charge is 0.0932 e. The molecule has 0 saturated carbocycles. The van der Waals surface area contributed by atoms with Gasteiger partial charge in [0, 0.05) is 27.4 Å². The van der Waals surface area contributed by atoms with E-state index >= 15 is 0 Å². The maximum absolute atomic E-state index is 5.80. The summed E-state index contributed by atoms with van der Waals surface area (Å²) in [6.07, 6.45) is 2.15. The Kier molecular flexibility index (Phi) is 9.74. The van der Waals surface area contributed by atoms with Crippen LogP contribution in [0.3, 0.4) is 0 Å². The lowest BCUT2D eigenvalue weighted by molar-refractivity contribution is -0.0432. The van der Waals surface area contributed by atoms with Crippen LogP contribution in [0.15, 0.2) is 0 Å². The summed E-state index contributed by atoms with van der Waals surface area (Å²) in [7, 11) is 3.44. The molecule has 17 heavy (non-hydrogen) atoms. The van der Waals surface area contributed by atoms with E-state index in [1.165, 1.54) is 0 Å². The van der Waals surface area contributed by atoms with Gasteiger partial charge in [0.15, 0.2) is 0 Å². The minimum atomic E-state index is -0.117. The first-order valence-electron chi connectivity index (χ1n) is 6.42. The van der Waals surface area contributed by atoms with E-state index in [0.29, 0.717) is 13.2 Å². The third-order valence-electron chi connectivity index (χ3n) is 2.76. The van der Waals surface area contributed by atoms with Gasteiger partial charge in [-0.1, -0.05) is 6.92 Å². The fourth-order valence-electron chi connectivity index (χ4n) is 1.37. The highest BCUT2D eigenvalue weighted by Gasteiger charge is 2.17. The monoisotopic (exact) mass is 247 g/mol. The zero-order valence-corrected chi connectivity index (χ0v) is 12.0. The fraction of sp³-hybridized carbons (Fsp3) is 1.00. The Morgan fingerprint density at radius 1 is 1.24 bits per heavy atom. The molecule has 4 heteroatoms. The highest BCUT2D eigenvalue weighted by atomic mass is 16.5. The van der Waals surface area contributed by atoms with E-state index in [2.05, 4.69) is 26.1 Å². The first-order valence-corrected chi connectivity index (χ1v) is 6.42. The van der Waals surface area contributed by atoms with Crippen LogP contribution < -0.4 is 5.32 Å². The number of hydrogen-bond acceptors (Lipinski definition) is 4. The van der Waals surface area contributed by atoms with Crippen LogP contribution in [-0.2, 0) is 14.2 Å². The van der Waals surface area contributed by atoms with Crippen molar-refractivity contribution in [2.24, 2.45) is 0 Å². The average molecular weight is 247 g/mol. The Hall–Kier alpha value is -0.160.